The van der Waals surface area contributed by atoms with E-state index in [0.29, 0.717) is 0 Å². The third-order valence-corrected chi connectivity index (χ3v) is 4.64. The minimum atomic E-state index is -0.913. The first-order chi connectivity index (χ1) is 11.6. The van der Waals surface area contributed by atoms with Gasteiger partial charge in [-0.25, -0.2) is 0 Å². The van der Waals surface area contributed by atoms with Gasteiger partial charge in [0.05, 0.1) is 0 Å². The Hall–Kier alpha value is -2.10. The van der Waals surface area contributed by atoms with Crippen LogP contribution in [0.4, 0.5) is 0 Å². The van der Waals surface area contributed by atoms with E-state index in [4.69, 9.17) is 0 Å². The maximum absolute atomic E-state index is 10.4. The zero-order chi connectivity index (χ0) is 17.1. The van der Waals surface area contributed by atoms with Crippen molar-refractivity contribution in [3.63, 3.8) is 0 Å². The predicted octanol–water partition coefficient (Wildman–Crippen LogP) is 1.08. The van der Waals surface area contributed by atoms with Gasteiger partial charge in [-0.3, -0.25) is 0 Å². The van der Waals surface area contributed by atoms with Crippen molar-refractivity contribution in [2.45, 2.75) is 24.7 Å². The van der Waals surface area contributed by atoms with E-state index in [0.717, 1.165) is 24.0 Å². The van der Waals surface area contributed by atoms with Crippen molar-refractivity contribution >= 4 is 11.9 Å². The van der Waals surface area contributed by atoms with Crippen molar-refractivity contribution in [2.24, 2.45) is 11.8 Å². The predicted molar refractivity (Wildman–Crippen MR) is 84.6 cm³/mol. The number of carboxylic acids is 2. The van der Waals surface area contributed by atoms with E-state index < -0.39 is 11.9 Å². The van der Waals surface area contributed by atoms with E-state index in [-0.39, 0.29) is 40.7 Å². The van der Waals surface area contributed by atoms with Gasteiger partial charge < -0.3 is 19.8 Å². The summed E-state index contributed by atoms with van der Waals surface area (Å²) in [5.41, 5.74) is 2.23. The molecule has 25 heavy (non-hydrogen) atoms. The average Bonchev–Trinajstić information content (AvgIpc) is 3.49. The van der Waals surface area contributed by atoms with E-state index in [1.54, 1.807) is 0 Å². The van der Waals surface area contributed by atoms with E-state index in [9.17, 15) is 19.8 Å². The second-order valence-corrected chi connectivity index (χ2v) is 6.36. The Morgan fingerprint density at radius 3 is 1.24 bits per heavy atom. The normalized spacial score (nSPS) is 25.6. The fourth-order valence-corrected chi connectivity index (χ4v) is 3.05. The van der Waals surface area contributed by atoms with Gasteiger partial charge in [-0.05, 0) is 35.8 Å². The summed E-state index contributed by atoms with van der Waals surface area (Å²) in [6, 6.07) is 19.4. The molecule has 0 aromatic heterocycles. The molecular formula is C20H18CuO4. The average molecular weight is 386 g/mol. The molecule has 2 aliphatic rings. The van der Waals surface area contributed by atoms with Gasteiger partial charge in [-0.15, -0.1) is 0 Å². The van der Waals surface area contributed by atoms with Crippen molar-refractivity contribution in [1.29, 1.82) is 0 Å². The third-order valence-electron chi connectivity index (χ3n) is 4.64. The van der Waals surface area contributed by atoms with Gasteiger partial charge >= 0.3 is 17.1 Å². The summed E-state index contributed by atoms with van der Waals surface area (Å²) in [5.74, 6) is -1.90. The molecule has 2 saturated carbocycles. The molecule has 0 N–H and O–H groups in total. The molecule has 1 radical (unpaired) electrons. The molecule has 0 heterocycles. The Bertz CT molecular complexity index is 653. The maximum atomic E-state index is 10.4. The number of hydrogen-bond donors (Lipinski definition) is 0. The van der Waals surface area contributed by atoms with E-state index in [1.807, 2.05) is 60.7 Å². The van der Waals surface area contributed by atoms with Crippen LogP contribution in [0.2, 0.25) is 0 Å². The van der Waals surface area contributed by atoms with Crippen molar-refractivity contribution in [1.82, 2.24) is 0 Å². The monoisotopic (exact) mass is 385 g/mol. The van der Waals surface area contributed by atoms with Crippen molar-refractivity contribution in [3.8, 4) is 0 Å². The van der Waals surface area contributed by atoms with Gasteiger partial charge in [-0.1, -0.05) is 60.7 Å². The summed E-state index contributed by atoms with van der Waals surface area (Å²) in [6.07, 6.45) is 1.48. The molecule has 4 atom stereocenters. The van der Waals surface area contributed by atoms with Crippen molar-refractivity contribution in [3.05, 3.63) is 71.8 Å². The molecule has 0 aliphatic heterocycles. The van der Waals surface area contributed by atoms with E-state index in [2.05, 4.69) is 0 Å². The SMILES string of the molecule is O=C([O-])C1CC1c1ccccc1.O=C([O-])C1CC1c1ccccc1.[Cu+2]. The largest absolute Gasteiger partial charge is 2.00 e. The molecule has 4 nitrogen and oxygen atoms in total. The minimum Gasteiger partial charge on any atom is -0.550 e. The summed E-state index contributed by atoms with van der Waals surface area (Å²) in [5, 5.41) is 20.9. The number of hydrogen-bond acceptors (Lipinski definition) is 4. The molecule has 4 unspecified atom stereocenters. The van der Waals surface area contributed by atoms with Crippen LogP contribution in [0.3, 0.4) is 0 Å². The molecule has 2 aromatic rings. The molecule has 0 saturated heterocycles. The second-order valence-electron chi connectivity index (χ2n) is 6.36. The molecule has 2 aliphatic carbocycles. The number of carbonyl (C=O) groups excluding carboxylic acids is 2. The van der Waals surface area contributed by atoms with Gasteiger partial charge in [0.2, 0.25) is 0 Å². The summed E-state index contributed by atoms with van der Waals surface area (Å²) in [7, 11) is 0. The van der Waals surface area contributed by atoms with Crippen LogP contribution in [0.25, 0.3) is 0 Å². The Kier molecular flexibility index (Phi) is 6.40. The number of carboxylic acid groups (broad SMARTS) is 2. The summed E-state index contributed by atoms with van der Waals surface area (Å²) >= 11 is 0. The molecule has 0 amide bonds. The van der Waals surface area contributed by atoms with Gasteiger partial charge in [0.1, 0.15) is 0 Å². The molecule has 4 rings (SSSR count). The standard InChI is InChI=1S/2C10H10O2.Cu/c2*11-10(12)9-6-8(9)7-4-2-1-3-5-7;/h2*1-5,8-9H,6H2,(H,11,12);/q;;+2/p-2. The Labute approximate surface area is 157 Å². The van der Waals surface area contributed by atoms with Crippen LogP contribution in [0.5, 0.6) is 0 Å². The zero-order valence-corrected chi connectivity index (χ0v) is 14.4. The first kappa shape index (κ1) is 19.2. The third kappa shape index (κ3) is 4.94. The number of aliphatic carboxylic acids is 2. The van der Waals surface area contributed by atoms with Crippen molar-refractivity contribution in [2.75, 3.05) is 0 Å². The molecule has 0 spiro atoms. The van der Waals surface area contributed by atoms with Crippen LogP contribution in [0, 0.1) is 11.8 Å². The van der Waals surface area contributed by atoms with Crippen LogP contribution >= 0.6 is 0 Å². The van der Waals surface area contributed by atoms with Gasteiger partial charge in [0, 0.05) is 23.8 Å². The number of rotatable bonds is 4. The molecule has 0 bridgehead atoms. The van der Waals surface area contributed by atoms with E-state index in [1.165, 1.54) is 0 Å². The topological polar surface area (TPSA) is 80.3 Å². The van der Waals surface area contributed by atoms with Crippen LogP contribution < -0.4 is 10.2 Å². The first-order valence-electron chi connectivity index (χ1n) is 8.09. The van der Waals surface area contributed by atoms with Gasteiger partial charge in [0.15, 0.2) is 0 Å². The maximum Gasteiger partial charge on any atom is 2.00 e. The van der Waals surface area contributed by atoms with Gasteiger partial charge in [0.25, 0.3) is 0 Å². The van der Waals surface area contributed by atoms with E-state index >= 15 is 0 Å². The van der Waals surface area contributed by atoms with Crippen LogP contribution in [-0.4, -0.2) is 11.9 Å². The van der Waals surface area contributed by atoms with Crippen molar-refractivity contribution < 1.29 is 36.9 Å². The second kappa shape index (κ2) is 8.32. The van der Waals surface area contributed by atoms with Gasteiger partial charge in [-0.2, -0.15) is 0 Å². The molecular weight excluding hydrogens is 368 g/mol. The van der Waals surface area contributed by atoms with Crippen LogP contribution in [0.15, 0.2) is 60.7 Å². The summed E-state index contributed by atoms with van der Waals surface area (Å²) in [4.78, 5) is 20.9. The molecule has 2 aromatic carbocycles. The fourth-order valence-electron chi connectivity index (χ4n) is 3.05. The smallest absolute Gasteiger partial charge is 0.550 e. The number of benzene rings is 2. The Morgan fingerprint density at radius 1 is 0.680 bits per heavy atom. The Balaban J connectivity index is 0.000000173. The van der Waals surface area contributed by atoms with Crippen LogP contribution in [0.1, 0.15) is 35.8 Å². The van der Waals surface area contributed by atoms with Crippen LogP contribution in [-0.2, 0) is 26.7 Å². The summed E-state index contributed by atoms with van der Waals surface area (Å²) < 4.78 is 0. The molecule has 133 valence electrons. The Morgan fingerprint density at radius 2 is 1.00 bits per heavy atom. The zero-order valence-electron chi connectivity index (χ0n) is 13.4. The number of carbonyl (C=O) groups is 2. The quantitative estimate of drug-likeness (QED) is 0.737. The first-order valence-corrected chi connectivity index (χ1v) is 8.09. The molecule has 2 fully saturated rings. The minimum absolute atomic E-state index is 0. The summed E-state index contributed by atoms with van der Waals surface area (Å²) in [6.45, 7) is 0. The fraction of sp³-hybridized carbons (Fsp3) is 0.300. The molecule has 5 heteroatoms.